The molecule has 0 bridgehead atoms. The van der Waals surface area contributed by atoms with Crippen molar-refractivity contribution in [3.8, 4) is 23.0 Å². The molecule has 1 aliphatic heterocycles. The Bertz CT molecular complexity index is 1340. The molecule has 0 aromatic heterocycles. The van der Waals surface area contributed by atoms with Crippen LogP contribution in [-0.2, 0) is 20.9 Å². The molecule has 3 aromatic rings. The number of fused-ring (bicyclic) bond motifs is 1. The lowest BCUT2D eigenvalue weighted by molar-refractivity contribution is -0.131. The Kier molecular flexibility index (Phi) is 10.4. The van der Waals surface area contributed by atoms with E-state index in [0.29, 0.717) is 23.7 Å². The van der Waals surface area contributed by atoms with Crippen LogP contribution in [0.4, 0.5) is 5.69 Å². The number of anilines is 1. The molecular weight excluding hydrogens is 540 g/mol. The fourth-order valence-electron chi connectivity index (χ4n) is 4.91. The Balaban J connectivity index is 1.37. The Morgan fingerprint density at radius 3 is 2.34 bits per heavy atom. The first-order valence-corrected chi connectivity index (χ1v) is 14.5. The number of carbonyl (C=O) groups is 1. The van der Waals surface area contributed by atoms with Crippen molar-refractivity contribution >= 4 is 23.4 Å². The number of hydrogen-bond acceptors (Lipinski definition) is 8. The van der Waals surface area contributed by atoms with Gasteiger partial charge in [0.05, 0.1) is 33.6 Å². The predicted octanol–water partition coefficient (Wildman–Crippen LogP) is 5.61. The van der Waals surface area contributed by atoms with Gasteiger partial charge in [-0.25, -0.2) is 0 Å². The van der Waals surface area contributed by atoms with Crippen LogP contribution in [0.15, 0.2) is 65.6 Å². The number of carbonyl (C=O) groups excluding carboxylic acids is 1. The molecule has 0 spiro atoms. The van der Waals surface area contributed by atoms with E-state index in [2.05, 4.69) is 18.0 Å². The van der Waals surface area contributed by atoms with Crippen molar-refractivity contribution in [3.63, 3.8) is 0 Å². The molecule has 0 aliphatic carbocycles. The van der Waals surface area contributed by atoms with Crippen molar-refractivity contribution in [2.75, 3.05) is 67.1 Å². The monoisotopic (exact) mass is 580 g/mol. The molecule has 0 N–H and O–H groups in total. The van der Waals surface area contributed by atoms with E-state index in [0.717, 1.165) is 54.4 Å². The van der Waals surface area contributed by atoms with Gasteiger partial charge in [0, 0.05) is 31.2 Å². The maximum atomic E-state index is 13.7. The number of rotatable bonds is 14. The summed E-state index contributed by atoms with van der Waals surface area (Å²) in [4.78, 5) is 17.4. The number of thioether (sulfide) groups is 1. The van der Waals surface area contributed by atoms with Crippen LogP contribution in [0.25, 0.3) is 0 Å². The molecule has 41 heavy (non-hydrogen) atoms. The summed E-state index contributed by atoms with van der Waals surface area (Å²) in [6.07, 6.45) is 2.77. The average molecular weight is 581 g/mol. The van der Waals surface area contributed by atoms with Crippen LogP contribution in [0.3, 0.4) is 0 Å². The van der Waals surface area contributed by atoms with Crippen LogP contribution in [0.5, 0.6) is 23.0 Å². The zero-order valence-corrected chi connectivity index (χ0v) is 25.6. The number of ether oxygens (including phenoxy) is 5. The SMILES string of the molecule is COc1ccc(OCCCCN(C)CCc2ccc(OC)c(OC)c2)c(C2(OC)Sc3ccccc3N(C)C2=O)c1. The van der Waals surface area contributed by atoms with Crippen molar-refractivity contribution in [2.24, 2.45) is 0 Å². The van der Waals surface area contributed by atoms with Crippen molar-refractivity contribution in [1.29, 1.82) is 0 Å². The summed E-state index contributed by atoms with van der Waals surface area (Å²) in [5.74, 6) is 2.57. The lowest BCUT2D eigenvalue weighted by Gasteiger charge is -2.40. The molecule has 4 rings (SSSR count). The zero-order chi connectivity index (χ0) is 29.4. The lowest BCUT2D eigenvalue weighted by Crippen LogP contribution is -2.47. The van der Waals surface area contributed by atoms with Gasteiger partial charge in [0.2, 0.25) is 4.93 Å². The molecular formula is C32H40N2O6S. The minimum atomic E-state index is -1.29. The first-order chi connectivity index (χ1) is 19.9. The van der Waals surface area contributed by atoms with Crippen molar-refractivity contribution < 1.29 is 28.5 Å². The summed E-state index contributed by atoms with van der Waals surface area (Å²) in [5, 5.41) is 0. The summed E-state index contributed by atoms with van der Waals surface area (Å²) in [6.45, 7) is 2.40. The molecule has 0 saturated heterocycles. The topological polar surface area (TPSA) is 69.7 Å². The Morgan fingerprint density at radius 2 is 1.61 bits per heavy atom. The van der Waals surface area contributed by atoms with Gasteiger partial charge >= 0.3 is 0 Å². The number of hydrogen-bond donors (Lipinski definition) is 0. The molecule has 9 heteroatoms. The molecule has 3 aromatic carbocycles. The maximum absolute atomic E-state index is 13.7. The third-order valence-electron chi connectivity index (χ3n) is 7.32. The average Bonchev–Trinajstić information content (AvgIpc) is 3.01. The Labute approximate surface area is 247 Å². The van der Waals surface area contributed by atoms with Gasteiger partial charge in [-0.05, 0) is 80.9 Å². The minimum Gasteiger partial charge on any atom is -0.497 e. The zero-order valence-electron chi connectivity index (χ0n) is 24.8. The standard InChI is InChI=1S/C32H40N2O6S/c1-33(19-17-23-13-15-28(37-4)29(21-23)38-5)18-9-10-20-40-27-16-14-24(36-3)22-25(27)32(39-6)31(35)34(2)26-11-7-8-12-30(26)41-32/h7-8,11-16,21-22H,9-10,17-20H2,1-6H3. The number of para-hydroxylation sites is 1. The van der Waals surface area contributed by atoms with Crippen molar-refractivity contribution in [3.05, 3.63) is 71.8 Å². The summed E-state index contributed by atoms with van der Waals surface area (Å²) in [7, 11) is 10.4. The number of amides is 1. The molecule has 0 saturated carbocycles. The first-order valence-electron chi connectivity index (χ1n) is 13.7. The number of unbranched alkanes of at least 4 members (excludes halogenated alkanes) is 1. The molecule has 1 aliphatic rings. The van der Waals surface area contributed by atoms with Gasteiger partial charge in [0.15, 0.2) is 11.5 Å². The van der Waals surface area contributed by atoms with Crippen LogP contribution < -0.4 is 23.8 Å². The van der Waals surface area contributed by atoms with E-state index in [1.54, 1.807) is 40.4 Å². The summed E-state index contributed by atoms with van der Waals surface area (Å²) >= 11 is 1.39. The molecule has 220 valence electrons. The van der Waals surface area contributed by atoms with Gasteiger partial charge in [-0.3, -0.25) is 4.79 Å². The van der Waals surface area contributed by atoms with Gasteiger partial charge in [-0.15, -0.1) is 0 Å². The highest BCUT2D eigenvalue weighted by Gasteiger charge is 2.50. The van der Waals surface area contributed by atoms with E-state index in [1.807, 2.05) is 54.6 Å². The second-order valence-electron chi connectivity index (χ2n) is 9.91. The van der Waals surface area contributed by atoms with Crippen LogP contribution in [0, 0.1) is 0 Å². The Hall–Kier alpha value is -3.40. The van der Waals surface area contributed by atoms with E-state index in [1.165, 1.54) is 17.3 Å². The highest BCUT2D eigenvalue weighted by molar-refractivity contribution is 8.01. The number of nitrogens with zero attached hydrogens (tertiary/aromatic N) is 2. The molecule has 1 heterocycles. The largest absolute Gasteiger partial charge is 0.497 e. The first kappa shape index (κ1) is 30.6. The fraction of sp³-hybridized carbons (Fsp3) is 0.406. The van der Waals surface area contributed by atoms with Gasteiger partial charge in [-0.1, -0.05) is 30.0 Å². The van der Waals surface area contributed by atoms with E-state index in [4.69, 9.17) is 23.7 Å². The van der Waals surface area contributed by atoms with E-state index in [-0.39, 0.29) is 5.91 Å². The van der Waals surface area contributed by atoms with Crippen molar-refractivity contribution in [1.82, 2.24) is 4.90 Å². The van der Waals surface area contributed by atoms with Gasteiger partial charge in [0.1, 0.15) is 11.5 Å². The third kappa shape index (κ3) is 6.74. The van der Waals surface area contributed by atoms with E-state index in [9.17, 15) is 4.79 Å². The molecule has 0 radical (unpaired) electrons. The smallest absolute Gasteiger partial charge is 0.274 e. The van der Waals surface area contributed by atoms with Crippen LogP contribution >= 0.6 is 11.8 Å². The molecule has 1 unspecified atom stereocenters. The minimum absolute atomic E-state index is 0.169. The highest BCUT2D eigenvalue weighted by Crippen LogP contribution is 2.53. The summed E-state index contributed by atoms with van der Waals surface area (Å²) in [6, 6.07) is 19.4. The lowest BCUT2D eigenvalue weighted by atomic mass is 10.0. The van der Waals surface area contributed by atoms with Crippen LogP contribution in [0.1, 0.15) is 24.0 Å². The molecule has 1 amide bonds. The summed E-state index contributed by atoms with van der Waals surface area (Å²) < 4.78 is 28.6. The normalized spacial score (nSPS) is 16.5. The predicted molar refractivity (Wildman–Crippen MR) is 163 cm³/mol. The molecule has 0 fully saturated rings. The highest BCUT2D eigenvalue weighted by atomic mass is 32.2. The fourth-order valence-corrected chi connectivity index (χ4v) is 6.25. The van der Waals surface area contributed by atoms with Gasteiger partial charge in [-0.2, -0.15) is 0 Å². The summed E-state index contributed by atoms with van der Waals surface area (Å²) in [5.41, 5.74) is 2.71. The van der Waals surface area contributed by atoms with Crippen LogP contribution in [-0.4, -0.2) is 73.0 Å². The second kappa shape index (κ2) is 14.0. The van der Waals surface area contributed by atoms with Gasteiger partial charge in [0.25, 0.3) is 5.91 Å². The number of methoxy groups -OCH3 is 4. The van der Waals surface area contributed by atoms with Gasteiger partial charge < -0.3 is 33.5 Å². The van der Waals surface area contributed by atoms with E-state index < -0.39 is 4.93 Å². The number of benzene rings is 3. The second-order valence-corrected chi connectivity index (χ2v) is 11.1. The Morgan fingerprint density at radius 1 is 0.854 bits per heavy atom. The third-order valence-corrected chi connectivity index (χ3v) is 8.73. The molecule has 1 atom stereocenters. The maximum Gasteiger partial charge on any atom is 0.274 e. The van der Waals surface area contributed by atoms with Crippen molar-refractivity contribution in [2.45, 2.75) is 29.1 Å². The van der Waals surface area contributed by atoms with E-state index >= 15 is 0 Å². The van der Waals surface area contributed by atoms with Crippen LogP contribution in [0.2, 0.25) is 0 Å². The molecule has 8 nitrogen and oxygen atoms in total. The quantitative estimate of drug-likeness (QED) is 0.228. The number of likely N-dealkylation sites (N-methyl/N-ethyl adjacent to an activating group) is 2.